The van der Waals surface area contributed by atoms with Gasteiger partial charge in [0.2, 0.25) is 11.8 Å². The third-order valence-electron chi connectivity index (χ3n) is 4.64. The number of amides is 2. The number of piperazine rings is 1. The number of anilines is 1. The average Bonchev–Trinajstić information content (AvgIpc) is 2.96. The SMILES string of the molecule is COc1ccc(N2CC(C(=O)N3CCNC[C@H]3C)CC2=O)cc1. The molecule has 0 bridgehead atoms. The lowest BCUT2D eigenvalue weighted by molar-refractivity contribution is -0.138. The van der Waals surface area contributed by atoms with Gasteiger partial charge in [0.25, 0.3) is 0 Å². The number of hydrogen-bond donors (Lipinski definition) is 1. The minimum atomic E-state index is -0.245. The first kappa shape index (κ1) is 15.8. The number of hydrogen-bond acceptors (Lipinski definition) is 4. The molecule has 2 atom stereocenters. The summed E-state index contributed by atoms with van der Waals surface area (Å²) in [6.45, 7) is 4.85. The average molecular weight is 317 g/mol. The number of carbonyl (C=O) groups is 2. The van der Waals surface area contributed by atoms with Crippen molar-refractivity contribution in [1.29, 1.82) is 0 Å². The maximum Gasteiger partial charge on any atom is 0.228 e. The minimum absolute atomic E-state index is 0.0105. The second-order valence-corrected chi connectivity index (χ2v) is 6.19. The molecule has 1 N–H and O–H groups in total. The fourth-order valence-corrected chi connectivity index (χ4v) is 3.29. The summed E-state index contributed by atoms with van der Waals surface area (Å²) in [6, 6.07) is 7.56. The summed E-state index contributed by atoms with van der Waals surface area (Å²) in [5.41, 5.74) is 0.819. The normalized spacial score (nSPS) is 24.9. The fourth-order valence-electron chi connectivity index (χ4n) is 3.29. The maximum absolute atomic E-state index is 12.7. The van der Waals surface area contributed by atoms with Crippen LogP contribution in [0.3, 0.4) is 0 Å². The highest BCUT2D eigenvalue weighted by atomic mass is 16.5. The van der Waals surface area contributed by atoms with Crippen molar-refractivity contribution in [3.05, 3.63) is 24.3 Å². The van der Waals surface area contributed by atoms with Crippen LogP contribution in [0.15, 0.2) is 24.3 Å². The van der Waals surface area contributed by atoms with Crippen LogP contribution in [0.1, 0.15) is 13.3 Å². The summed E-state index contributed by atoms with van der Waals surface area (Å²) in [4.78, 5) is 28.7. The van der Waals surface area contributed by atoms with E-state index in [-0.39, 0.29) is 23.8 Å². The molecular formula is C17H23N3O3. The molecule has 1 unspecified atom stereocenters. The molecule has 2 aliphatic heterocycles. The first-order chi connectivity index (χ1) is 11.1. The number of benzene rings is 1. The zero-order valence-corrected chi connectivity index (χ0v) is 13.6. The van der Waals surface area contributed by atoms with Crippen LogP contribution in [-0.2, 0) is 9.59 Å². The molecule has 2 aliphatic rings. The van der Waals surface area contributed by atoms with E-state index in [1.54, 1.807) is 12.0 Å². The van der Waals surface area contributed by atoms with Crippen LogP contribution in [0.4, 0.5) is 5.69 Å². The lowest BCUT2D eigenvalue weighted by Gasteiger charge is -2.35. The fraction of sp³-hybridized carbons (Fsp3) is 0.529. The first-order valence-corrected chi connectivity index (χ1v) is 8.05. The van der Waals surface area contributed by atoms with E-state index in [1.165, 1.54) is 0 Å². The topological polar surface area (TPSA) is 61.9 Å². The molecule has 2 fully saturated rings. The number of methoxy groups -OCH3 is 1. The van der Waals surface area contributed by atoms with Gasteiger partial charge in [-0.3, -0.25) is 9.59 Å². The zero-order chi connectivity index (χ0) is 16.4. The summed E-state index contributed by atoms with van der Waals surface area (Å²) in [5.74, 6) is 0.618. The van der Waals surface area contributed by atoms with Gasteiger partial charge in [-0.25, -0.2) is 0 Å². The smallest absolute Gasteiger partial charge is 0.228 e. The van der Waals surface area contributed by atoms with Crippen LogP contribution in [0.5, 0.6) is 5.75 Å². The molecule has 6 nitrogen and oxygen atoms in total. The third kappa shape index (κ3) is 3.17. The summed E-state index contributed by atoms with van der Waals surface area (Å²) in [7, 11) is 1.61. The van der Waals surface area contributed by atoms with Gasteiger partial charge in [-0.1, -0.05) is 0 Å². The molecule has 0 spiro atoms. The second-order valence-electron chi connectivity index (χ2n) is 6.19. The molecule has 6 heteroatoms. The summed E-state index contributed by atoms with van der Waals surface area (Å²) < 4.78 is 5.14. The highest BCUT2D eigenvalue weighted by molar-refractivity contribution is 6.00. The van der Waals surface area contributed by atoms with E-state index in [0.717, 1.165) is 24.5 Å². The molecule has 1 aromatic rings. The van der Waals surface area contributed by atoms with E-state index in [9.17, 15) is 9.59 Å². The minimum Gasteiger partial charge on any atom is -0.497 e. The molecule has 3 rings (SSSR count). The lowest BCUT2D eigenvalue weighted by atomic mass is 10.1. The van der Waals surface area contributed by atoms with Crippen molar-refractivity contribution in [2.75, 3.05) is 38.2 Å². The van der Waals surface area contributed by atoms with Crippen molar-refractivity contribution in [2.24, 2.45) is 5.92 Å². The molecular weight excluding hydrogens is 294 g/mol. The van der Waals surface area contributed by atoms with E-state index in [4.69, 9.17) is 4.74 Å². The number of carbonyl (C=O) groups excluding carboxylic acids is 2. The Morgan fingerprint density at radius 1 is 1.30 bits per heavy atom. The Morgan fingerprint density at radius 3 is 2.70 bits per heavy atom. The molecule has 0 aromatic heterocycles. The van der Waals surface area contributed by atoms with Gasteiger partial charge in [-0.05, 0) is 31.2 Å². The molecule has 0 radical (unpaired) electrons. The van der Waals surface area contributed by atoms with Crippen molar-refractivity contribution in [2.45, 2.75) is 19.4 Å². The first-order valence-electron chi connectivity index (χ1n) is 8.05. The van der Waals surface area contributed by atoms with Crippen LogP contribution >= 0.6 is 0 Å². The summed E-state index contributed by atoms with van der Waals surface area (Å²) in [5, 5.41) is 3.28. The van der Waals surface area contributed by atoms with Gasteiger partial charge in [0, 0.05) is 44.3 Å². The second kappa shape index (κ2) is 6.58. The van der Waals surface area contributed by atoms with Crippen molar-refractivity contribution in [1.82, 2.24) is 10.2 Å². The van der Waals surface area contributed by atoms with E-state index in [0.29, 0.717) is 19.5 Å². The van der Waals surface area contributed by atoms with Crippen LogP contribution < -0.4 is 15.0 Å². The van der Waals surface area contributed by atoms with E-state index >= 15 is 0 Å². The molecule has 2 heterocycles. The van der Waals surface area contributed by atoms with Gasteiger partial charge < -0.3 is 19.9 Å². The molecule has 2 amide bonds. The number of ether oxygens (including phenoxy) is 1. The van der Waals surface area contributed by atoms with E-state index < -0.39 is 0 Å². The molecule has 124 valence electrons. The Morgan fingerprint density at radius 2 is 2.04 bits per heavy atom. The Kier molecular flexibility index (Phi) is 4.52. The van der Waals surface area contributed by atoms with Gasteiger partial charge >= 0.3 is 0 Å². The standard InChI is InChI=1S/C17H23N3O3/c1-12-10-18-7-8-19(12)17(22)13-9-16(21)20(11-13)14-3-5-15(23-2)6-4-14/h3-6,12-13,18H,7-11H2,1-2H3/t12-,13?/m1/s1. The highest BCUT2D eigenvalue weighted by Gasteiger charge is 2.38. The Hall–Kier alpha value is -2.08. The predicted octanol–water partition coefficient (Wildman–Crippen LogP) is 0.868. The zero-order valence-electron chi connectivity index (χ0n) is 13.6. The maximum atomic E-state index is 12.7. The van der Waals surface area contributed by atoms with E-state index in [1.807, 2.05) is 36.1 Å². The van der Waals surface area contributed by atoms with Crippen molar-refractivity contribution in [3.63, 3.8) is 0 Å². The van der Waals surface area contributed by atoms with Crippen LogP contribution in [0, 0.1) is 5.92 Å². The molecule has 0 saturated carbocycles. The van der Waals surface area contributed by atoms with Crippen molar-refractivity contribution >= 4 is 17.5 Å². The van der Waals surface area contributed by atoms with Crippen LogP contribution in [0.2, 0.25) is 0 Å². The van der Waals surface area contributed by atoms with Crippen molar-refractivity contribution in [3.8, 4) is 5.75 Å². The number of nitrogens with zero attached hydrogens (tertiary/aromatic N) is 2. The van der Waals surface area contributed by atoms with Gasteiger partial charge in [0.15, 0.2) is 0 Å². The largest absolute Gasteiger partial charge is 0.497 e. The molecule has 1 aromatic carbocycles. The molecule has 2 saturated heterocycles. The Labute approximate surface area is 136 Å². The summed E-state index contributed by atoms with van der Waals surface area (Å²) >= 11 is 0. The van der Waals surface area contributed by atoms with Gasteiger partial charge in [0.1, 0.15) is 5.75 Å². The van der Waals surface area contributed by atoms with Crippen molar-refractivity contribution < 1.29 is 14.3 Å². The van der Waals surface area contributed by atoms with Crippen LogP contribution in [0.25, 0.3) is 0 Å². The highest BCUT2D eigenvalue weighted by Crippen LogP contribution is 2.28. The number of rotatable bonds is 3. The molecule has 0 aliphatic carbocycles. The van der Waals surface area contributed by atoms with Crippen LogP contribution in [-0.4, -0.2) is 56.0 Å². The molecule has 23 heavy (non-hydrogen) atoms. The van der Waals surface area contributed by atoms with Gasteiger partial charge in [0.05, 0.1) is 13.0 Å². The number of nitrogens with one attached hydrogen (secondary N) is 1. The van der Waals surface area contributed by atoms with E-state index in [2.05, 4.69) is 5.32 Å². The Bertz CT molecular complexity index is 587. The lowest BCUT2D eigenvalue weighted by Crippen LogP contribution is -2.54. The Balaban J connectivity index is 1.70. The predicted molar refractivity (Wildman–Crippen MR) is 87.5 cm³/mol. The van der Waals surface area contributed by atoms with Gasteiger partial charge in [-0.15, -0.1) is 0 Å². The summed E-state index contributed by atoms with van der Waals surface area (Å²) in [6.07, 6.45) is 0.293. The van der Waals surface area contributed by atoms with Gasteiger partial charge in [-0.2, -0.15) is 0 Å². The monoisotopic (exact) mass is 317 g/mol. The third-order valence-corrected chi connectivity index (χ3v) is 4.64. The quantitative estimate of drug-likeness (QED) is 0.898.